The van der Waals surface area contributed by atoms with Gasteiger partial charge in [0.1, 0.15) is 0 Å². The van der Waals surface area contributed by atoms with Gasteiger partial charge in [0.2, 0.25) is 0 Å². The Morgan fingerprint density at radius 1 is 0.341 bits per heavy atom. The molecule has 0 aromatic heterocycles. The van der Waals surface area contributed by atoms with E-state index in [-0.39, 0.29) is 29.2 Å². The SMILES string of the molecule is CCCCCCCCCCCCCCCCC(O)C[P+](CC)(CC)CC(O)CCCCCCCCCCCCCCCC.[Br-]. The highest BCUT2D eigenvalue weighted by molar-refractivity contribution is 7.75. The largest absolute Gasteiger partial charge is 1.00 e. The average molecular weight is 708 g/mol. The van der Waals surface area contributed by atoms with E-state index in [1.165, 1.54) is 192 Å². The maximum Gasteiger partial charge on any atom is 0.0875 e. The van der Waals surface area contributed by atoms with Crippen LogP contribution in [-0.4, -0.2) is 47.1 Å². The maximum absolute atomic E-state index is 10.9. The summed E-state index contributed by atoms with van der Waals surface area (Å²) in [6.45, 7) is 9.22. The average Bonchev–Trinajstić information content (AvgIpc) is 3.01. The Hall–Kier alpha value is 0.830. The smallest absolute Gasteiger partial charge is 0.0875 e. The first-order valence-corrected chi connectivity index (χ1v) is 22.8. The van der Waals surface area contributed by atoms with Crippen molar-refractivity contribution in [2.45, 2.75) is 233 Å². The molecule has 0 bridgehead atoms. The van der Waals surface area contributed by atoms with Crippen LogP contribution in [0.2, 0.25) is 0 Å². The van der Waals surface area contributed by atoms with Gasteiger partial charge in [0.15, 0.2) is 0 Å². The molecule has 0 amide bonds. The predicted molar refractivity (Wildman–Crippen MR) is 200 cm³/mol. The molecule has 0 fully saturated rings. The monoisotopic (exact) mass is 707 g/mol. The van der Waals surface area contributed by atoms with Crippen LogP contribution >= 0.6 is 7.26 Å². The van der Waals surface area contributed by atoms with Gasteiger partial charge in [0.25, 0.3) is 0 Å². The Kier molecular flexibility index (Phi) is 39.1. The molecule has 2 atom stereocenters. The molecule has 0 spiro atoms. The molecule has 4 heteroatoms. The van der Waals surface area contributed by atoms with Gasteiger partial charge in [-0.2, -0.15) is 0 Å². The summed E-state index contributed by atoms with van der Waals surface area (Å²) in [6, 6.07) is 0. The van der Waals surface area contributed by atoms with Gasteiger partial charge in [0, 0.05) is 7.26 Å². The van der Waals surface area contributed by atoms with Gasteiger partial charge in [0.05, 0.1) is 36.9 Å². The Morgan fingerprint density at radius 2 is 0.545 bits per heavy atom. The quantitative estimate of drug-likeness (QED) is 0.0503. The van der Waals surface area contributed by atoms with Crippen molar-refractivity contribution in [2.75, 3.05) is 24.6 Å². The molecule has 0 radical (unpaired) electrons. The lowest BCUT2D eigenvalue weighted by atomic mass is 10.0. The number of aliphatic hydroxyl groups is 2. The summed E-state index contributed by atoms with van der Waals surface area (Å²) in [6.07, 6.45) is 44.7. The van der Waals surface area contributed by atoms with Crippen molar-refractivity contribution in [3.05, 3.63) is 0 Å². The van der Waals surface area contributed by atoms with E-state index >= 15 is 0 Å². The zero-order chi connectivity index (χ0) is 31.7. The number of hydrogen-bond acceptors (Lipinski definition) is 2. The van der Waals surface area contributed by atoms with Crippen molar-refractivity contribution in [1.82, 2.24) is 0 Å². The highest BCUT2D eigenvalue weighted by Gasteiger charge is 2.37. The molecule has 2 unspecified atom stereocenters. The lowest BCUT2D eigenvalue weighted by Crippen LogP contribution is -3.00. The van der Waals surface area contributed by atoms with Crippen molar-refractivity contribution in [1.29, 1.82) is 0 Å². The Balaban J connectivity index is 0. The van der Waals surface area contributed by atoms with Crippen LogP contribution in [0.25, 0.3) is 0 Å². The topological polar surface area (TPSA) is 40.5 Å². The molecule has 0 heterocycles. The fraction of sp³-hybridized carbons (Fsp3) is 1.00. The van der Waals surface area contributed by atoms with Crippen molar-refractivity contribution in [2.24, 2.45) is 0 Å². The van der Waals surface area contributed by atoms with Gasteiger partial charge in [-0.05, 0) is 26.7 Å². The van der Waals surface area contributed by atoms with Gasteiger partial charge in [-0.15, -0.1) is 0 Å². The minimum atomic E-state index is -1.25. The van der Waals surface area contributed by atoms with Crippen molar-refractivity contribution in [3.63, 3.8) is 0 Å². The van der Waals surface area contributed by atoms with Crippen LogP contribution in [0.3, 0.4) is 0 Å². The molecular formula is C40H84BrO2P. The van der Waals surface area contributed by atoms with Gasteiger partial charge >= 0.3 is 0 Å². The molecule has 0 aromatic carbocycles. The molecule has 44 heavy (non-hydrogen) atoms. The van der Waals surface area contributed by atoms with Crippen LogP contribution in [0.5, 0.6) is 0 Å². The van der Waals surface area contributed by atoms with Gasteiger partial charge in [-0.1, -0.05) is 194 Å². The zero-order valence-corrected chi connectivity index (χ0v) is 33.4. The second-order valence-electron chi connectivity index (χ2n) is 14.4. The molecule has 0 saturated heterocycles. The molecule has 0 saturated carbocycles. The minimum absolute atomic E-state index is 0. The Labute approximate surface area is 290 Å². The van der Waals surface area contributed by atoms with E-state index in [0.29, 0.717) is 0 Å². The lowest BCUT2D eigenvalue weighted by Gasteiger charge is -2.29. The lowest BCUT2D eigenvalue weighted by molar-refractivity contribution is -0.0000143. The van der Waals surface area contributed by atoms with Crippen LogP contribution in [0, 0.1) is 0 Å². The summed E-state index contributed by atoms with van der Waals surface area (Å²) in [5, 5.41) is 21.8. The maximum atomic E-state index is 10.9. The third kappa shape index (κ3) is 31.4. The van der Waals surface area contributed by atoms with E-state index in [0.717, 1.165) is 25.2 Å². The van der Waals surface area contributed by atoms with E-state index in [2.05, 4.69) is 27.7 Å². The second kappa shape index (κ2) is 36.7. The van der Waals surface area contributed by atoms with E-state index in [1.807, 2.05) is 0 Å². The Morgan fingerprint density at radius 3 is 0.750 bits per heavy atom. The van der Waals surface area contributed by atoms with Gasteiger partial charge in [-0.3, -0.25) is 0 Å². The van der Waals surface area contributed by atoms with E-state index in [1.54, 1.807) is 0 Å². The van der Waals surface area contributed by atoms with E-state index in [9.17, 15) is 10.2 Å². The fourth-order valence-electron chi connectivity index (χ4n) is 7.04. The standard InChI is InChI=1S/C40H84O2P.BrH/c1-5-9-11-13-15-17-19-21-23-25-27-29-31-33-35-39(41)37-43(7-3,8-4)38-40(42)36-34-32-30-28-26-24-22-20-18-16-14-12-10-6-2;/h39-42H,5-38H2,1-4H3;1H/q+1;/p-1. The summed E-state index contributed by atoms with van der Waals surface area (Å²) in [4.78, 5) is 0. The number of unbranched alkanes of at least 4 members (excludes halogenated alkanes) is 26. The molecular weight excluding hydrogens is 623 g/mol. The molecule has 2 nitrogen and oxygen atoms in total. The molecule has 2 N–H and O–H groups in total. The highest BCUT2D eigenvalue weighted by atomic mass is 79.9. The van der Waals surface area contributed by atoms with Crippen LogP contribution < -0.4 is 17.0 Å². The zero-order valence-electron chi connectivity index (χ0n) is 30.9. The number of hydrogen-bond donors (Lipinski definition) is 2. The van der Waals surface area contributed by atoms with E-state index < -0.39 is 7.26 Å². The van der Waals surface area contributed by atoms with Crippen molar-refractivity contribution >= 4 is 7.26 Å². The fourth-order valence-corrected chi connectivity index (χ4v) is 10.8. The summed E-state index contributed by atoms with van der Waals surface area (Å²) in [7, 11) is -1.25. The third-order valence-corrected chi connectivity index (χ3v) is 15.4. The van der Waals surface area contributed by atoms with E-state index in [4.69, 9.17) is 0 Å². The number of rotatable bonds is 36. The summed E-state index contributed by atoms with van der Waals surface area (Å²) in [5.74, 6) is 0. The molecule has 0 aliphatic carbocycles. The second-order valence-corrected chi connectivity index (χ2v) is 19.1. The number of aliphatic hydroxyl groups excluding tert-OH is 2. The molecule has 0 aromatic rings. The summed E-state index contributed by atoms with van der Waals surface area (Å²) >= 11 is 0. The van der Waals surface area contributed by atoms with Crippen molar-refractivity contribution in [3.8, 4) is 0 Å². The first kappa shape index (κ1) is 46.9. The highest BCUT2D eigenvalue weighted by Crippen LogP contribution is 2.59. The Bertz CT molecular complexity index is 486. The molecule has 0 aliphatic heterocycles. The third-order valence-electron chi connectivity index (χ3n) is 10.3. The van der Waals surface area contributed by atoms with Crippen molar-refractivity contribution < 1.29 is 27.2 Å². The molecule has 0 rings (SSSR count). The minimum Gasteiger partial charge on any atom is -1.00 e. The molecule has 0 aliphatic rings. The normalized spacial score (nSPS) is 13.2. The van der Waals surface area contributed by atoms with Crippen LogP contribution in [-0.2, 0) is 0 Å². The van der Waals surface area contributed by atoms with Crippen LogP contribution in [0.15, 0.2) is 0 Å². The van der Waals surface area contributed by atoms with Crippen LogP contribution in [0.4, 0.5) is 0 Å². The van der Waals surface area contributed by atoms with Crippen LogP contribution in [0.1, 0.15) is 220 Å². The summed E-state index contributed by atoms with van der Waals surface area (Å²) in [5.41, 5.74) is 0. The van der Waals surface area contributed by atoms with Gasteiger partial charge in [-0.25, -0.2) is 0 Å². The van der Waals surface area contributed by atoms with Gasteiger partial charge < -0.3 is 27.2 Å². The molecule has 268 valence electrons. The summed E-state index contributed by atoms with van der Waals surface area (Å²) < 4.78 is 0. The first-order chi connectivity index (χ1) is 21.0. The predicted octanol–water partition coefficient (Wildman–Crippen LogP) is 10.5. The first-order valence-electron chi connectivity index (χ1n) is 20.2. The number of halogens is 1.